The second-order valence-electron chi connectivity index (χ2n) is 4.69. The zero-order chi connectivity index (χ0) is 12.3. The van der Waals surface area contributed by atoms with E-state index in [9.17, 15) is 9.90 Å². The van der Waals surface area contributed by atoms with Crippen LogP contribution >= 0.6 is 0 Å². The zero-order valence-electron chi connectivity index (χ0n) is 10.2. The largest absolute Gasteiger partial charge is 0.480 e. The predicted octanol–water partition coefficient (Wildman–Crippen LogP) is 2.50. The summed E-state index contributed by atoms with van der Waals surface area (Å²) in [5.74, 6) is 0.150. The molecule has 4 heteroatoms. The van der Waals surface area contributed by atoms with Crippen LogP contribution < -0.4 is 0 Å². The zero-order valence-corrected chi connectivity index (χ0v) is 10.2. The molecule has 2 rings (SSSR count). The number of nitrogens with zero attached hydrogens (tertiary/aromatic N) is 1. The van der Waals surface area contributed by atoms with Gasteiger partial charge in [-0.1, -0.05) is 13.3 Å². The molecular weight excluding hydrogens is 218 g/mol. The fourth-order valence-electron chi connectivity index (χ4n) is 2.80. The Morgan fingerprint density at radius 1 is 1.65 bits per heavy atom. The molecule has 1 atom stereocenters. The molecule has 0 amide bonds. The minimum absolute atomic E-state index is 0.597. The minimum atomic E-state index is -0.691. The maximum absolute atomic E-state index is 11.6. The van der Waals surface area contributed by atoms with Crippen molar-refractivity contribution in [2.75, 3.05) is 6.54 Å². The summed E-state index contributed by atoms with van der Waals surface area (Å²) >= 11 is 0. The lowest BCUT2D eigenvalue weighted by Gasteiger charge is -2.34. The van der Waals surface area contributed by atoms with Crippen LogP contribution in [0.15, 0.2) is 22.8 Å². The second kappa shape index (κ2) is 4.92. The molecule has 2 heterocycles. The van der Waals surface area contributed by atoms with Gasteiger partial charge in [0, 0.05) is 0 Å². The van der Waals surface area contributed by atoms with Gasteiger partial charge in [0.25, 0.3) is 0 Å². The van der Waals surface area contributed by atoms with E-state index in [-0.39, 0.29) is 0 Å². The van der Waals surface area contributed by atoms with Crippen molar-refractivity contribution in [1.29, 1.82) is 0 Å². The Balaban J connectivity index is 2.16. The number of carboxylic acids is 1. The molecule has 17 heavy (non-hydrogen) atoms. The summed E-state index contributed by atoms with van der Waals surface area (Å²) in [6.45, 7) is 3.47. The van der Waals surface area contributed by atoms with Crippen molar-refractivity contribution in [3.8, 4) is 0 Å². The van der Waals surface area contributed by atoms with E-state index in [1.165, 1.54) is 0 Å². The average molecular weight is 237 g/mol. The molecule has 1 aromatic rings. The summed E-state index contributed by atoms with van der Waals surface area (Å²) in [5.41, 5.74) is -0.679. The van der Waals surface area contributed by atoms with Gasteiger partial charge in [-0.2, -0.15) is 0 Å². The molecule has 1 fully saturated rings. The lowest BCUT2D eigenvalue weighted by molar-refractivity contribution is -0.150. The maximum atomic E-state index is 11.6. The number of carbonyl (C=O) groups is 1. The summed E-state index contributed by atoms with van der Waals surface area (Å²) in [6, 6.07) is 3.74. The SMILES string of the molecule is CCCC1(C(=O)O)CCCN1Cc1ccco1. The number of likely N-dealkylation sites (tertiary alicyclic amines) is 1. The van der Waals surface area contributed by atoms with E-state index >= 15 is 0 Å². The van der Waals surface area contributed by atoms with E-state index < -0.39 is 11.5 Å². The molecule has 1 unspecified atom stereocenters. The lowest BCUT2D eigenvalue weighted by atomic mass is 9.90. The molecule has 0 aliphatic carbocycles. The summed E-state index contributed by atoms with van der Waals surface area (Å²) in [7, 11) is 0. The highest BCUT2D eigenvalue weighted by Gasteiger charge is 2.46. The maximum Gasteiger partial charge on any atom is 0.324 e. The Morgan fingerprint density at radius 3 is 3.06 bits per heavy atom. The second-order valence-corrected chi connectivity index (χ2v) is 4.69. The number of hydrogen-bond donors (Lipinski definition) is 1. The minimum Gasteiger partial charge on any atom is -0.480 e. The van der Waals surface area contributed by atoms with Gasteiger partial charge in [0.1, 0.15) is 11.3 Å². The first-order chi connectivity index (χ1) is 8.19. The number of furan rings is 1. The molecule has 0 bridgehead atoms. The van der Waals surface area contributed by atoms with Crippen LogP contribution in [0.1, 0.15) is 38.4 Å². The van der Waals surface area contributed by atoms with E-state index in [1.807, 2.05) is 19.1 Å². The van der Waals surface area contributed by atoms with Gasteiger partial charge >= 0.3 is 5.97 Å². The number of rotatable bonds is 5. The van der Waals surface area contributed by atoms with E-state index in [1.54, 1.807) is 6.26 Å². The van der Waals surface area contributed by atoms with Crippen molar-refractivity contribution in [2.24, 2.45) is 0 Å². The smallest absolute Gasteiger partial charge is 0.324 e. The van der Waals surface area contributed by atoms with Gasteiger partial charge in [-0.3, -0.25) is 9.69 Å². The van der Waals surface area contributed by atoms with Crippen molar-refractivity contribution in [3.63, 3.8) is 0 Å². The Morgan fingerprint density at radius 2 is 2.47 bits per heavy atom. The molecule has 0 saturated carbocycles. The summed E-state index contributed by atoms with van der Waals surface area (Å²) in [5, 5.41) is 9.52. The summed E-state index contributed by atoms with van der Waals surface area (Å²) in [4.78, 5) is 13.6. The van der Waals surface area contributed by atoms with Crippen molar-refractivity contribution >= 4 is 5.97 Å². The van der Waals surface area contributed by atoms with Gasteiger partial charge in [0.05, 0.1) is 12.8 Å². The van der Waals surface area contributed by atoms with Gasteiger partial charge in [0.15, 0.2) is 0 Å². The van der Waals surface area contributed by atoms with Crippen LogP contribution in [0.2, 0.25) is 0 Å². The molecule has 0 spiro atoms. The third-order valence-corrected chi connectivity index (χ3v) is 3.61. The first-order valence-electron chi connectivity index (χ1n) is 6.20. The van der Waals surface area contributed by atoms with Crippen LogP contribution in [0.4, 0.5) is 0 Å². The van der Waals surface area contributed by atoms with Crippen LogP contribution in [0.3, 0.4) is 0 Å². The lowest BCUT2D eigenvalue weighted by Crippen LogP contribution is -2.49. The third kappa shape index (κ3) is 2.22. The highest BCUT2D eigenvalue weighted by Crippen LogP contribution is 2.35. The number of aliphatic carboxylic acids is 1. The Bertz CT molecular complexity index is 374. The summed E-state index contributed by atoms with van der Waals surface area (Å²) < 4.78 is 5.31. The van der Waals surface area contributed by atoms with E-state index in [4.69, 9.17) is 4.42 Å². The van der Waals surface area contributed by atoms with Crippen molar-refractivity contribution < 1.29 is 14.3 Å². The molecular formula is C13H19NO3. The molecule has 1 aromatic heterocycles. The highest BCUT2D eigenvalue weighted by atomic mass is 16.4. The van der Waals surface area contributed by atoms with Gasteiger partial charge in [-0.05, 0) is 37.9 Å². The van der Waals surface area contributed by atoms with Crippen LogP contribution in [0.25, 0.3) is 0 Å². The van der Waals surface area contributed by atoms with Crippen molar-refractivity contribution in [2.45, 2.75) is 44.7 Å². The summed E-state index contributed by atoms with van der Waals surface area (Å²) in [6.07, 6.45) is 4.93. The number of carboxylic acid groups (broad SMARTS) is 1. The topological polar surface area (TPSA) is 53.7 Å². The Hall–Kier alpha value is -1.29. The monoisotopic (exact) mass is 237 g/mol. The normalized spacial score (nSPS) is 25.2. The molecule has 1 saturated heterocycles. The Kier molecular flexibility index (Phi) is 3.52. The Labute approximate surface area is 101 Å². The molecule has 1 aliphatic heterocycles. The van der Waals surface area contributed by atoms with E-state index in [2.05, 4.69) is 4.90 Å². The third-order valence-electron chi connectivity index (χ3n) is 3.61. The quantitative estimate of drug-likeness (QED) is 0.854. The van der Waals surface area contributed by atoms with Gasteiger partial charge in [-0.15, -0.1) is 0 Å². The highest BCUT2D eigenvalue weighted by molar-refractivity contribution is 5.79. The van der Waals surface area contributed by atoms with Gasteiger partial charge < -0.3 is 9.52 Å². The van der Waals surface area contributed by atoms with Crippen molar-refractivity contribution in [1.82, 2.24) is 4.90 Å². The van der Waals surface area contributed by atoms with Crippen LogP contribution in [-0.4, -0.2) is 28.1 Å². The molecule has 1 N–H and O–H groups in total. The first-order valence-corrected chi connectivity index (χ1v) is 6.20. The van der Waals surface area contributed by atoms with Crippen LogP contribution in [0, 0.1) is 0 Å². The van der Waals surface area contributed by atoms with Crippen molar-refractivity contribution in [3.05, 3.63) is 24.2 Å². The van der Waals surface area contributed by atoms with Crippen LogP contribution in [-0.2, 0) is 11.3 Å². The molecule has 94 valence electrons. The molecule has 0 radical (unpaired) electrons. The predicted molar refractivity (Wildman–Crippen MR) is 63.6 cm³/mol. The van der Waals surface area contributed by atoms with Gasteiger partial charge in [0.2, 0.25) is 0 Å². The van der Waals surface area contributed by atoms with E-state index in [0.29, 0.717) is 13.0 Å². The first kappa shape index (κ1) is 12.2. The van der Waals surface area contributed by atoms with E-state index in [0.717, 1.165) is 31.6 Å². The molecule has 1 aliphatic rings. The molecule has 0 aromatic carbocycles. The average Bonchev–Trinajstić information content (AvgIpc) is 2.91. The van der Waals surface area contributed by atoms with Gasteiger partial charge in [-0.25, -0.2) is 0 Å². The molecule has 4 nitrogen and oxygen atoms in total. The fraction of sp³-hybridized carbons (Fsp3) is 0.615. The number of hydrogen-bond acceptors (Lipinski definition) is 3. The fourth-order valence-corrected chi connectivity index (χ4v) is 2.80. The standard InChI is InChI=1S/C13H19NO3/c1-2-6-13(12(15)16)7-4-8-14(13)10-11-5-3-9-17-11/h3,5,9H,2,4,6-8,10H2,1H3,(H,15,16). The van der Waals surface area contributed by atoms with Crippen LogP contribution in [0.5, 0.6) is 0 Å².